The van der Waals surface area contributed by atoms with E-state index in [0.29, 0.717) is 0 Å². The normalized spacial score (nSPS) is 11.4. The van der Waals surface area contributed by atoms with Gasteiger partial charge in [-0.05, 0) is 134 Å². The highest BCUT2D eigenvalue weighted by Crippen LogP contribution is 2.44. The number of unbranched alkanes of at least 4 members (excludes halogenated alkanes) is 24. The first-order valence-corrected chi connectivity index (χ1v) is 32.0. The van der Waals surface area contributed by atoms with Gasteiger partial charge in [0.2, 0.25) is 0 Å². The molecule has 378 valence electrons. The number of rotatable bonds is 36. The van der Waals surface area contributed by atoms with Crippen molar-refractivity contribution in [1.29, 1.82) is 0 Å². The molecule has 0 fully saturated rings. The molecule has 0 nitrogen and oxygen atoms in total. The predicted molar refractivity (Wildman–Crippen MR) is 319 cm³/mol. The fourth-order valence-electron chi connectivity index (χ4n) is 9.84. The maximum absolute atomic E-state index is 3.49. The number of benzene rings is 2. The highest BCUT2D eigenvalue weighted by atomic mass is 32.1. The fourth-order valence-corrected chi connectivity index (χ4v) is 14.7. The van der Waals surface area contributed by atoms with Crippen LogP contribution in [0.5, 0.6) is 0 Å². The lowest BCUT2D eigenvalue weighted by Gasteiger charge is -2.03. The molecule has 0 spiro atoms. The van der Waals surface area contributed by atoms with Gasteiger partial charge in [-0.25, -0.2) is 0 Å². The van der Waals surface area contributed by atoms with Crippen LogP contribution >= 0.6 is 45.3 Å². The monoisotopic (exact) mass is 1010 g/mol. The van der Waals surface area contributed by atoms with Crippen molar-refractivity contribution in [3.8, 4) is 52.2 Å². The van der Waals surface area contributed by atoms with E-state index in [0.717, 1.165) is 11.1 Å². The first kappa shape index (κ1) is 56.1. The molecule has 4 heterocycles. The Labute approximate surface area is 444 Å². The topological polar surface area (TPSA) is 0 Å². The second-order valence-electron chi connectivity index (χ2n) is 20.4. The Balaban J connectivity index is 1.04. The highest BCUT2D eigenvalue weighted by Gasteiger charge is 2.17. The van der Waals surface area contributed by atoms with E-state index in [2.05, 4.69) is 124 Å². The lowest BCUT2D eigenvalue weighted by atomic mass is 10.0. The van der Waals surface area contributed by atoms with E-state index < -0.39 is 0 Å². The van der Waals surface area contributed by atoms with Crippen LogP contribution in [-0.2, 0) is 25.7 Å². The second-order valence-corrected chi connectivity index (χ2v) is 24.8. The van der Waals surface area contributed by atoms with Crippen LogP contribution in [0, 0.1) is 11.8 Å². The van der Waals surface area contributed by atoms with Crippen LogP contribution in [0.1, 0.15) is 239 Å². The Morgan fingerprint density at radius 3 is 0.929 bits per heavy atom. The Bertz CT molecular complexity index is 2180. The molecule has 4 heteroatoms. The molecule has 0 aliphatic heterocycles. The second kappa shape index (κ2) is 33.5. The molecule has 0 N–H and O–H groups in total. The van der Waals surface area contributed by atoms with Gasteiger partial charge in [-0.2, -0.15) is 0 Å². The molecule has 0 amide bonds. The molecule has 6 aromatic rings. The van der Waals surface area contributed by atoms with E-state index in [9.17, 15) is 0 Å². The van der Waals surface area contributed by atoms with E-state index in [-0.39, 0.29) is 0 Å². The molecule has 2 aromatic carbocycles. The van der Waals surface area contributed by atoms with Gasteiger partial charge >= 0.3 is 0 Å². The first-order chi connectivity index (χ1) is 34.6. The van der Waals surface area contributed by atoms with Crippen molar-refractivity contribution in [2.75, 3.05) is 0 Å². The summed E-state index contributed by atoms with van der Waals surface area (Å²) in [6.07, 6.45) is 43.1. The third-order valence-electron chi connectivity index (χ3n) is 14.2. The van der Waals surface area contributed by atoms with Crippen LogP contribution in [-0.4, -0.2) is 0 Å². The van der Waals surface area contributed by atoms with Crippen molar-refractivity contribution >= 4 is 45.3 Å². The summed E-state index contributed by atoms with van der Waals surface area (Å²) in [6.45, 7) is 9.23. The molecular formula is C66H90S4. The van der Waals surface area contributed by atoms with Crippen molar-refractivity contribution < 1.29 is 0 Å². The van der Waals surface area contributed by atoms with Gasteiger partial charge in [0, 0.05) is 50.1 Å². The highest BCUT2D eigenvalue weighted by molar-refractivity contribution is 7.24. The van der Waals surface area contributed by atoms with Gasteiger partial charge in [0.05, 0.1) is 0 Å². The fraction of sp³-hybridized carbons (Fsp3) is 0.545. The van der Waals surface area contributed by atoms with E-state index in [1.165, 1.54) is 257 Å². The molecule has 0 bridgehead atoms. The van der Waals surface area contributed by atoms with Gasteiger partial charge in [0.1, 0.15) is 0 Å². The standard InChI is InChI=1S/C66H90S4/c1-5-9-13-17-19-21-23-25-27-31-35-59-47-49-61(67-59)65-57(33-29-15-11-7-3)51-63(69-65)55-43-39-53(40-44-55)37-38-54-41-45-56(46-42-54)64-52-58(34-30-16-12-8-4)66(70-64)62-50-48-60(68-62)36-32-28-26-24-22-20-18-14-10-6-2/h39-52H,5-36H2,1-4H3. The van der Waals surface area contributed by atoms with Gasteiger partial charge in [-0.1, -0.05) is 218 Å². The third kappa shape index (κ3) is 19.7. The SMILES string of the molecule is CCCCCCCCCCCCc1ccc(-c2sc(-c3ccc(C#Cc4ccc(-c5cc(CCCCCC)c(-c6ccc(CCCCCCCCCCCC)s6)s5)cc4)cc3)cc2CCCCCC)s1. The van der Waals surface area contributed by atoms with Crippen molar-refractivity contribution in [3.63, 3.8) is 0 Å². The summed E-state index contributed by atoms with van der Waals surface area (Å²) in [4.78, 5) is 11.8. The molecule has 0 saturated carbocycles. The zero-order valence-electron chi connectivity index (χ0n) is 44.3. The summed E-state index contributed by atoms with van der Waals surface area (Å²) < 4.78 is 0. The Morgan fingerprint density at radius 2 is 0.586 bits per heavy atom. The third-order valence-corrected chi connectivity index (χ3v) is 19.3. The van der Waals surface area contributed by atoms with Gasteiger partial charge in [0.15, 0.2) is 0 Å². The zero-order valence-corrected chi connectivity index (χ0v) is 47.6. The van der Waals surface area contributed by atoms with Crippen LogP contribution in [0.2, 0.25) is 0 Å². The van der Waals surface area contributed by atoms with E-state index in [1.807, 2.05) is 45.3 Å². The van der Waals surface area contributed by atoms with Gasteiger partial charge in [0.25, 0.3) is 0 Å². The van der Waals surface area contributed by atoms with Crippen LogP contribution < -0.4 is 0 Å². The summed E-state index contributed by atoms with van der Waals surface area (Å²) in [6, 6.07) is 32.7. The number of thiophene rings is 4. The van der Waals surface area contributed by atoms with Gasteiger partial charge in [-0.15, -0.1) is 45.3 Å². The molecule has 0 aliphatic carbocycles. The van der Waals surface area contributed by atoms with E-state index >= 15 is 0 Å². The minimum atomic E-state index is 1.07. The Kier molecular flexibility index (Phi) is 26.9. The maximum Gasteiger partial charge on any atom is 0.0481 e. The lowest BCUT2D eigenvalue weighted by molar-refractivity contribution is 0.557. The quantitative estimate of drug-likeness (QED) is 0.0272. The largest absolute Gasteiger partial charge is 0.139 e. The molecule has 6 rings (SSSR count). The summed E-state index contributed by atoms with van der Waals surface area (Å²) >= 11 is 8.07. The smallest absolute Gasteiger partial charge is 0.0481 e. The van der Waals surface area contributed by atoms with Crippen LogP contribution in [0.4, 0.5) is 0 Å². The number of hydrogen-bond donors (Lipinski definition) is 0. The summed E-state index contributed by atoms with van der Waals surface area (Å²) in [5, 5.41) is 0. The van der Waals surface area contributed by atoms with Crippen LogP contribution in [0.15, 0.2) is 84.9 Å². The number of hydrogen-bond acceptors (Lipinski definition) is 4. The van der Waals surface area contributed by atoms with Gasteiger partial charge < -0.3 is 0 Å². The minimum Gasteiger partial charge on any atom is -0.139 e. The summed E-state index contributed by atoms with van der Waals surface area (Å²) in [5.74, 6) is 6.98. The molecule has 0 aliphatic rings. The van der Waals surface area contributed by atoms with Crippen molar-refractivity contribution in [3.05, 3.63) is 117 Å². The summed E-state index contributed by atoms with van der Waals surface area (Å²) in [5.41, 5.74) is 7.81. The van der Waals surface area contributed by atoms with E-state index in [4.69, 9.17) is 0 Å². The average Bonchev–Trinajstić information content (AvgIpc) is 4.23. The average molecular weight is 1010 g/mol. The maximum atomic E-state index is 3.49. The van der Waals surface area contributed by atoms with Crippen molar-refractivity contribution in [1.82, 2.24) is 0 Å². The number of aryl methyl sites for hydroxylation is 4. The first-order valence-electron chi connectivity index (χ1n) is 28.7. The molecule has 0 saturated heterocycles. The van der Waals surface area contributed by atoms with E-state index in [1.54, 1.807) is 9.75 Å². The molecule has 0 unspecified atom stereocenters. The molecule has 0 radical (unpaired) electrons. The van der Waals surface area contributed by atoms with Crippen LogP contribution in [0.3, 0.4) is 0 Å². The van der Waals surface area contributed by atoms with Crippen molar-refractivity contribution in [2.45, 2.75) is 233 Å². The zero-order chi connectivity index (χ0) is 48.9. The Hall–Kier alpha value is -3.20. The minimum absolute atomic E-state index is 1.07. The van der Waals surface area contributed by atoms with Crippen molar-refractivity contribution in [2.24, 2.45) is 0 Å². The summed E-state index contributed by atoms with van der Waals surface area (Å²) in [7, 11) is 0. The molecular weight excluding hydrogens is 921 g/mol. The molecule has 0 atom stereocenters. The Morgan fingerprint density at radius 1 is 0.286 bits per heavy atom. The molecule has 70 heavy (non-hydrogen) atoms. The lowest BCUT2D eigenvalue weighted by Crippen LogP contribution is -1.85. The molecule has 4 aromatic heterocycles. The van der Waals surface area contributed by atoms with Gasteiger partial charge in [-0.3, -0.25) is 0 Å². The predicted octanol–water partition coefficient (Wildman–Crippen LogP) is 23.2. The van der Waals surface area contributed by atoms with Crippen LogP contribution in [0.25, 0.3) is 40.4 Å².